The van der Waals surface area contributed by atoms with Gasteiger partial charge in [-0.2, -0.15) is 0 Å². The molecule has 1 aromatic rings. The standard InChI is InChI=1S/C17H23NO/c1-17(2)11-13-7-6-8-14(16(13)19-17)12-18-15-9-4-3-5-10-15/h3-4,6-8,15,18H,5,9-12H2,1-2H3. The number of benzene rings is 1. The number of para-hydroxylation sites is 1. The van der Waals surface area contributed by atoms with Gasteiger partial charge < -0.3 is 10.1 Å². The fourth-order valence-corrected chi connectivity index (χ4v) is 3.05. The van der Waals surface area contributed by atoms with E-state index in [2.05, 4.69) is 49.5 Å². The maximum Gasteiger partial charge on any atom is 0.127 e. The molecule has 0 fully saturated rings. The Balaban J connectivity index is 1.69. The smallest absolute Gasteiger partial charge is 0.127 e. The first kappa shape index (κ1) is 12.7. The van der Waals surface area contributed by atoms with Gasteiger partial charge in [0.2, 0.25) is 0 Å². The van der Waals surface area contributed by atoms with Gasteiger partial charge in [-0.05, 0) is 38.7 Å². The number of ether oxygens (including phenoxy) is 1. The molecule has 1 N–H and O–H groups in total. The minimum atomic E-state index is -0.0496. The van der Waals surface area contributed by atoms with Crippen LogP contribution in [-0.4, -0.2) is 11.6 Å². The summed E-state index contributed by atoms with van der Waals surface area (Å²) in [7, 11) is 0. The van der Waals surface area contributed by atoms with Gasteiger partial charge in [-0.3, -0.25) is 0 Å². The van der Waals surface area contributed by atoms with E-state index in [1.807, 2.05) is 0 Å². The SMILES string of the molecule is CC1(C)Cc2cccc(CNC3CC=CCC3)c2O1. The highest BCUT2D eigenvalue weighted by Gasteiger charge is 2.31. The van der Waals surface area contributed by atoms with Crippen LogP contribution in [-0.2, 0) is 13.0 Å². The molecule has 0 spiro atoms. The van der Waals surface area contributed by atoms with Gasteiger partial charge in [0.15, 0.2) is 0 Å². The second-order valence-corrected chi connectivity index (χ2v) is 6.31. The zero-order valence-corrected chi connectivity index (χ0v) is 11.9. The topological polar surface area (TPSA) is 21.3 Å². The molecule has 1 atom stereocenters. The van der Waals surface area contributed by atoms with E-state index in [1.54, 1.807) is 0 Å². The number of fused-ring (bicyclic) bond motifs is 1. The summed E-state index contributed by atoms with van der Waals surface area (Å²) in [4.78, 5) is 0. The Hall–Kier alpha value is -1.28. The molecule has 0 aromatic heterocycles. The molecule has 1 aliphatic carbocycles. The van der Waals surface area contributed by atoms with Crippen molar-refractivity contribution in [2.45, 2.75) is 57.7 Å². The Labute approximate surface area is 115 Å². The Bertz CT molecular complexity index is 490. The first-order valence-electron chi connectivity index (χ1n) is 7.32. The third-order valence-corrected chi connectivity index (χ3v) is 4.02. The zero-order valence-electron chi connectivity index (χ0n) is 11.9. The monoisotopic (exact) mass is 257 g/mol. The molecule has 2 nitrogen and oxygen atoms in total. The summed E-state index contributed by atoms with van der Waals surface area (Å²) in [5.41, 5.74) is 2.61. The lowest BCUT2D eigenvalue weighted by Crippen LogP contribution is -2.29. The van der Waals surface area contributed by atoms with Crippen molar-refractivity contribution in [1.82, 2.24) is 5.32 Å². The molecule has 102 valence electrons. The molecule has 1 aliphatic heterocycles. The third-order valence-electron chi connectivity index (χ3n) is 4.02. The first-order valence-corrected chi connectivity index (χ1v) is 7.32. The van der Waals surface area contributed by atoms with Crippen molar-refractivity contribution in [3.63, 3.8) is 0 Å². The molecule has 3 rings (SSSR count). The van der Waals surface area contributed by atoms with Crippen LogP contribution in [0.5, 0.6) is 5.75 Å². The number of allylic oxidation sites excluding steroid dienone is 1. The number of hydrogen-bond acceptors (Lipinski definition) is 2. The zero-order chi connectivity index (χ0) is 13.3. The van der Waals surface area contributed by atoms with Gasteiger partial charge >= 0.3 is 0 Å². The number of hydrogen-bond donors (Lipinski definition) is 1. The normalized spacial score (nSPS) is 24.0. The fraction of sp³-hybridized carbons (Fsp3) is 0.529. The third kappa shape index (κ3) is 2.84. The molecular weight excluding hydrogens is 234 g/mol. The Morgan fingerprint density at radius 2 is 2.21 bits per heavy atom. The average Bonchev–Trinajstić information content (AvgIpc) is 2.72. The second-order valence-electron chi connectivity index (χ2n) is 6.31. The van der Waals surface area contributed by atoms with Gasteiger partial charge in [0.25, 0.3) is 0 Å². The van der Waals surface area contributed by atoms with Crippen LogP contribution in [0.3, 0.4) is 0 Å². The summed E-state index contributed by atoms with van der Waals surface area (Å²) >= 11 is 0. The molecule has 2 heteroatoms. The molecule has 1 unspecified atom stereocenters. The van der Waals surface area contributed by atoms with E-state index in [9.17, 15) is 0 Å². The summed E-state index contributed by atoms with van der Waals surface area (Å²) in [5.74, 6) is 1.12. The molecule has 1 heterocycles. The molecule has 2 aliphatic rings. The van der Waals surface area contributed by atoms with Crippen LogP contribution in [0.25, 0.3) is 0 Å². The van der Waals surface area contributed by atoms with E-state index in [0.29, 0.717) is 6.04 Å². The molecule has 0 bridgehead atoms. The van der Waals surface area contributed by atoms with Crippen molar-refractivity contribution in [1.29, 1.82) is 0 Å². The van der Waals surface area contributed by atoms with Crippen molar-refractivity contribution < 1.29 is 4.74 Å². The lowest BCUT2D eigenvalue weighted by atomic mass is 9.99. The van der Waals surface area contributed by atoms with Crippen molar-refractivity contribution in [2.24, 2.45) is 0 Å². The van der Waals surface area contributed by atoms with Gasteiger partial charge in [-0.15, -0.1) is 0 Å². The highest BCUT2D eigenvalue weighted by molar-refractivity contribution is 5.45. The van der Waals surface area contributed by atoms with Crippen LogP contribution in [0.15, 0.2) is 30.4 Å². The predicted molar refractivity (Wildman–Crippen MR) is 78.5 cm³/mol. The van der Waals surface area contributed by atoms with Crippen LogP contribution in [0.4, 0.5) is 0 Å². The van der Waals surface area contributed by atoms with Crippen molar-refractivity contribution in [3.05, 3.63) is 41.5 Å². The van der Waals surface area contributed by atoms with E-state index in [1.165, 1.54) is 24.0 Å². The number of rotatable bonds is 3. The Morgan fingerprint density at radius 1 is 1.32 bits per heavy atom. The first-order chi connectivity index (χ1) is 9.14. The van der Waals surface area contributed by atoms with Gasteiger partial charge in [0, 0.05) is 24.6 Å². The lowest BCUT2D eigenvalue weighted by Gasteiger charge is -2.21. The van der Waals surface area contributed by atoms with Crippen LogP contribution in [0.2, 0.25) is 0 Å². The summed E-state index contributed by atoms with van der Waals surface area (Å²) < 4.78 is 6.11. The summed E-state index contributed by atoms with van der Waals surface area (Å²) in [6, 6.07) is 7.15. The van der Waals surface area contributed by atoms with E-state index < -0.39 is 0 Å². The molecule has 0 saturated heterocycles. The minimum absolute atomic E-state index is 0.0496. The van der Waals surface area contributed by atoms with Gasteiger partial charge in [0.1, 0.15) is 11.4 Å². The fourth-order valence-electron chi connectivity index (χ4n) is 3.05. The lowest BCUT2D eigenvalue weighted by molar-refractivity contribution is 0.137. The molecule has 19 heavy (non-hydrogen) atoms. The van der Waals surface area contributed by atoms with Crippen molar-refractivity contribution >= 4 is 0 Å². The maximum absolute atomic E-state index is 6.11. The van der Waals surface area contributed by atoms with E-state index in [-0.39, 0.29) is 5.60 Å². The predicted octanol–water partition coefficient (Wildman–Crippen LogP) is 3.60. The summed E-state index contributed by atoms with van der Waals surface area (Å²) in [5, 5.41) is 3.66. The largest absolute Gasteiger partial charge is 0.487 e. The average molecular weight is 257 g/mol. The second kappa shape index (κ2) is 5.01. The van der Waals surface area contributed by atoms with Crippen LogP contribution in [0.1, 0.15) is 44.2 Å². The van der Waals surface area contributed by atoms with Gasteiger partial charge in [-0.25, -0.2) is 0 Å². The van der Waals surface area contributed by atoms with E-state index in [4.69, 9.17) is 4.74 Å². The van der Waals surface area contributed by atoms with Crippen LogP contribution < -0.4 is 10.1 Å². The molecule has 0 amide bonds. The molecule has 0 radical (unpaired) electrons. The van der Waals surface area contributed by atoms with Crippen molar-refractivity contribution in [3.8, 4) is 5.75 Å². The summed E-state index contributed by atoms with van der Waals surface area (Å²) in [6.07, 6.45) is 9.19. The van der Waals surface area contributed by atoms with E-state index in [0.717, 1.165) is 25.1 Å². The number of nitrogens with one attached hydrogen (secondary N) is 1. The van der Waals surface area contributed by atoms with Gasteiger partial charge in [-0.1, -0.05) is 30.4 Å². The van der Waals surface area contributed by atoms with Gasteiger partial charge in [0.05, 0.1) is 0 Å². The summed E-state index contributed by atoms with van der Waals surface area (Å²) in [6.45, 7) is 5.24. The maximum atomic E-state index is 6.11. The Kier molecular flexibility index (Phi) is 3.36. The highest BCUT2D eigenvalue weighted by Crippen LogP contribution is 2.37. The Morgan fingerprint density at radius 3 is 3.00 bits per heavy atom. The van der Waals surface area contributed by atoms with Crippen molar-refractivity contribution in [2.75, 3.05) is 0 Å². The minimum Gasteiger partial charge on any atom is -0.487 e. The van der Waals surface area contributed by atoms with Crippen LogP contribution in [0, 0.1) is 0 Å². The molecule has 0 saturated carbocycles. The quantitative estimate of drug-likeness (QED) is 0.835. The van der Waals surface area contributed by atoms with E-state index >= 15 is 0 Å². The molecular formula is C17H23NO. The molecule has 1 aromatic carbocycles. The highest BCUT2D eigenvalue weighted by atomic mass is 16.5. The van der Waals surface area contributed by atoms with Crippen LogP contribution >= 0.6 is 0 Å².